The Hall–Kier alpha value is -2.56. The van der Waals surface area contributed by atoms with E-state index >= 15 is 0 Å². The van der Waals surface area contributed by atoms with Crippen molar-refractivity contribution < 1.29 is 9.13 Å². The SMILES string of the molecule is Cn1c(COc2ccc(N)cc2)nc2cc(F)ccc21. The largest absolute Gasteiger partial charge is 0.486 e. The Labute approximate surface area is 115 Å². The third kappa shape index (κ3) is 2.30. The minimum Gasteiger partial charge on any atom is -0.486 e. The van der Waals surface area contributed by atoms with Gasteiger partial charge in [0.25, 0.3) is 0 Å². The Morgan fingerprint density at radius 2 is 1.95 bits per heavy atom. The molecule has 0 saturated heterocycles. The maximum Gasteiger partial charge on any atom is 0.147 e. The fourth-order valence-corrected chi connectivity index (χ4v) is 2.06. The predicted octanol–water partition coefficient (Wildman–Crippen LogP) is 2.87. The zero-order chi connectivity index (χ0) is 14.1. The fourth-order valence-electron chi connectivity index (χ4n) is 2.06. The summed E-state index contributed by atoms with van der Waals surface area (Å²) in [6.07, 6.45) is 0. The fraction of sp³-hybridized carbons (Fsp3) is 0.133. The van der Waals surface area contributed by atoms with Gasteiger partial charge in [-0.05, 0) is 36.4 Å². The van der Waals surface area contributed by atoms with E-state index in [1.54, 1.807) is 30.3 Å². The van der Waals surface area contributed by atoms with Crippen molar-refractivity contribution in [3.63, 3.8) is 0 Å². The normalized spacial score (nSPS) is 10.9. The van der Waals surface area contributed by atoms with Gasteiger partial charge in [-0.25, -0.2) is 9.37 Å². The topological polar surface area (TPSA) is 53.1 Å². The molecule has 3 aromatic rings. The molecule has 20 heavy (non-hydrogen) atoms. The number of fused-ring (bicyclic) bond motifs is 1. The van der Waals surface area contributed by atoms with E-state index < -0.39 is 0 Å². The van der Waals surface area contributed by atoms with Crippen LogP contribution >= 0.6 is 0 Å². The lowest BCUT2D eigenvalue weighted by atomic mass is 10.3. The standard InChI is InChI=1S/C15H14FN3O/c1-19-14-7-2-10(16)8-13(14)18-15(19)9-20-12-5-3-11(17)4-6-12/h2-8H,9,17H2,1H3. The van der Waals surface area contributed by atoms with Gasteiger partial charge in [0.1, 0.15) is 24.0 Å². The molecule has 0 spiro atoms. The number of benzene rings is 2. The number of nitrogen functional groups attached to an aromatic ring is 1. The Morgan fingerprint density at radius 3 is 2.70 bits per heavy atom. The van der Waals surface area contributed by atoms with Crippen LogP contribution in [0.15, 0.2) is 42.5 Å². The first-order valence-corrected chi connectivity index (χ1v) is 6.23. The average Bonchev–Trinajstić information content (AvgIpc) is 2.74. The van der Waals surface area contributed by atoms with Gasteiger partial charge in [-0.15, -0.1) is 0 Å². The van der Waals surface area contributed by atoms with E-state index in [2.05, 4.69) is 4.98 Å². The van der Waals surface area contributed by atoms with Crippen molar-refractivity contribution in [3.8, 4) is 5.75 Å². The number of aromatic nitrogens is 2. The molecule has 0 atom stereocenters. The second kappa shape index (κ2) is 4.85. The van der Waals surface area contributed by atoms with Crippen molar-refractivity contribution in [2.75, 3.05) is 5.73 Å². The van der Waals surface area contributed by atoms with Crippen LogP contribution in [0.25, 0.3) is 11.0 Å². The van der Waals surface area contributed by atoms with E-state index in [-0.39, 0.29) is 5.82 Å². The molecule has 0 aliphatic rings. The van der Waals surface area contributed by atoms with E-state index in [0.717, 1.165) is 17.1 Å². The van der Waals surface area contributed by atoms with E-state index in [0.29, 0.717) is 17.8 Å². The molecule has 0 saturated carbocycles. The Balaban J connectivity index is 1.84. The number of anilines is 1. The van der Waals surface area contributed by atoms with Crippen LogP contribution in [0.1, 0.15) is 5.82 Å². The molecule has 2 aromatic carbocycles. The summed E-state index contributed by atoms with van der Waals surface area (Å²) in [5, 5.41) is 0. The number of hydrogen-bond acceptors (Lipinski definition) is 3. The highest BCUT2D eigenvalue weighted by Gasteiger charge is 2.09. The Kier molecular flexibility index (Phi) is 3.02. The third-order valence-corrected chi connectivity index (χ3v) is 3.18. The molecule has 0 unspecified atom stereocenters. The van der Waals surface area contributed by atoms with Gasteiger partial charge in [-0.3, -0.25) is 0 Å². The van der Waals surface area contributed by atoms with Gasteiger partial charge >= 0.3 is 0 Å². The summed E-state index contributed by atoms with van der Waals surface area (Å²) in [6.45, 7) is 0.316. The molecule has 5 heteroatoms. The monoisotopic (exact) mass is 271 g/mol. The lowest BCUT2D eigenvalue weighted by molar-refractivity contribution is 0.292. The quantitative estimate of drug-likeness (QED) is 0.745. The summed E-state index contributed by atoms with van der Waals surface area (Å²) in [7, 11) is 1.88. The summed E-state index contributed by atoms with van der Waals surface area (Å²) < 4.78 is 20.7. The molecule has 3 rings (SSSR count). The molecule has 102 valence electrons. The first-order valence-electron chi connectivity index (χ1n) is 6.23. The number of hydrogen-bond donors (Lipinski definition) is 1. The lowest BCUT2D eigenvalue weighted by Crippen LogP contribution is -2.03. The molecule has 1 aromatic heterocycles. The molecule has 1 heterocycles. The maximum atomic E-state index is 13.2. The molecule has 0 fully saturated rings. The van der Waals surface area contributed by atoms with Gasteiger partial charge in [0.05, 0.1) is 11.0 Å². The summed E-state index contributed by atoms with van der Waals surface area (Å²) in [6, 6.07) is 11.7. The predicted molar refractivity (Wildman–Crippen MR) is 75.9 cm³/mol. The van der Waals surface area contributed by atoms with Crippen molar-refractivity contribution >= 4 is 16.7 Å². The molecule has 2 N–H and O–H groups in total. The smallest absolute Gasteiger partial charge is 0.147 e. The summed E-state index contributed by atoms with van der Waals surface area (Å²) in [4.78, 5) is 4.38. The number of nitrogens with two attached hydrogens (primary N) is 1. The Bertz CT molecular complexity index is 750. The van der Waals surface area contributed by atoms with Crippen molar-refractivity contribution in [1.82, 2.24) is 9.55 Å². The van der Waals surface area contributed by atoms with Crippen molar-refractivity contribution in [3.05, 3.63) is 54.1 Å². The molecule has 0 aliphatic heterocycles. The highest BCUT2D eigenvalue weighted by molar-refractivity contribution is 5.75. The van der Waals surface area contributed by atoms with Crippen LogP contribution in [0, 0.1) is 5.82 Å². The summed E-state index contributed by atoms with van der Waals surface area (Å²) in [5.41, 5.74) is 7.81. The zero-order valence-corrected chi connectivity index (χ0v) is 11.0. The second-order valence-corrected chi connectivity index (χ2v) is 4.58. The molecule has 0 bridgehead atoms. The lowest BCUT2D eigenvalue weighted by Gasteiger charge is -2.06. The van der Waals surface area contributed by atoms with Crippen LogP contribution in [-0.4, -0.2) is 9.55 Å². The second-order valence-electron chi connectivity index (χ2n) is 4.58. The number of aryl methyl sites for hydroxylation is 1. The highest BCUT2D eigenvalue weighted by Crippen LogP contribution is 2.18. The van der Waals surface area contributed by atoms with E-state index in [1.165, 1.54) is 12.1 Å². The number of ether oxygens (including phenoxy) is 1. The van der Waals surface area contributed by atoms with E-state index in [9.17, 15) is 4.39 Å². The van der Waals surface area contributed by atoms with Crippen LogP contribution in [0.5, 0.6) is 5.75 Å². The van der Waals surface area contributed by atoms with Gasteiger partial charge in [-0.1, -0.05) is 0 Å². The first-order chi connectivity index (χ1) is 9.63. The summed E-state index contributed by atoms with van der Waals surface area (Å²) >= 11 is 0. The number of nitrogens with zero attached hydrogens (tertiary/aromatic N) is 2. The first kappa shape index (κ1) is 12.5. The maximum absolute atomic E-state index is 13.2. The molecule has 4 nitrogen and oxygen atoms in total. The molecule has 0 aliphatic carbocycles. The van der Waals surface area contributed by atoms with Gasteiger partial charge in [0.15, 0.2) is 0 Å². The van der Waals surface area contributed by atoms with Crippen LogP contribution < -0.4 is 10.5 Å². The van der Waals surface area contributed by atoms with Crippen molar-refractivity contribution in [1.29, 1.82) is 0 Å². The molecular weight excluding hydrogens is 257 g/mol. The number of imidazole rings is 1. The zero-order valence-electron chi connectivity index (χ0n) is 11.0. The van der Waals surface area contributed by atoms with Crippen LogP contribution in [0.4, 0.5) is 10.1 Å². The summed E-state index contributed by atoms with van der Waals surface area (Å²) in [5.74, 6) is 1.17. The number of rotatable bonds is 3. The third-order valence-electron chi connectivity index (χ3n) is 3.18. The van der Waals surface area contributed by atoms with Crippen LogP contribution in [0.2, 0.25) is 0 Å². The van der Waals surface area contributed by atoms with Gasteiger partial charge < -0.3 is 15.0 Å². The molecular formula is C15H14FN3O. The Morgan fingerprint density at radius 1 is 1.20 bits per heavy atom. The van der Waals surface area contributed by atoms with E-state index in [4.69, 9.17) is 10.5 Å². The van der Waals surface area contributed by atoms with Gasteiger partial charge in [0, 0.05) is 18.8 Å². The van der Waals surface area contributed by atoms with Gasteiger partial charge in [0.2, 0.25) is 0 Å². The van der Waals surface area contributed by atoms with Crippen LogP contribution in [0.3, 0.4) is 0 Å². The molecule has 0 radical (unpaired) electrons. The molecule has 0 amide bonds. The van der Waals surface area contributed by atoms with Crippen molar-refractivity contribution in [2.24, 2.45) is 7.05 Å². The highest BCUT2D eigenvalue weighted by atomic mass is 19.1. The van der Waals surface area contributed by atoms with Gasteiger partial charge in [-0.2, -0.15) is 0 Å². The minimum atomic E-state index is -0.290. The average molecular weight is 271 g/mol. The number of halogens is 1. The minimum absolute atomic E-state index is 0.290. The van der Waals surface area contributed by atoms with Crippen molar-refractivity contribution in [2.45, 2.75) is 6.61 Å². The van der Waals surface area contributed by atoms with Crippen LogP contribution in [-0.2, 0) is 13.7 Å². The van der Waals surface area contributed by atoms with E-state index in [1.807, 2.05) is 11.6 Å².